The molecule has 2 aliphatic rings. The van der Waals surface area contributed by atoms with Gasteiger partial charge in [-0.05, 0) is 37.1 Å². The third-order valence-corrected chi connectivity index (χ3v) is 5.45. The zero-order chi connectivity index (χ0) is 20.3. The first kappa shape index (κ1) is 20.4. The van der Waals surface area contributed by atoms with Gasteiger partial charge in [0, 0.05) is 44.8 Å². The molecule has 9 heteroatoms. The summed E-state index contributed by atoms with van der Waals surface area (Å²) in [7, 11) is 3.22. The van der Waals surface area contributed by atoms with Gasteiger partial charge in [0.1, 0.15) is 11.8 Å². The molecule has 28 heavy (non-hydrogen) atoms. The van der Waals surface area contributed by atoms with Crippen LogP contribution in [0.2, 0.25) is 5.02 Å². The summed E-state index contributed by atoms with van der Waals surface area (Å²) >= 11 is 5.82. The molecule has 2 fully saturated rings. The summed E-state index contributed by atoms with van der Waals surface area (Å²) in [6.45, 7) is 1.72. The normalized spacial score (nSPS) is 21.8. The van der Waals surface area contributed by atoms with Crippen LogP contribution in [-0.4, -0.2) is 85.0 Å². The number of carbonyl (C=O) groups excluding carboxylic acids is 3. The zero-order valence-corrected chi connectivity index (χ0v) is 16.8. The van der Waals surface area contributed by atoms with Crippen molar-refractivity contribution in [2.45, 2.75) is 24.9 Å². The van der Waals surface area contributed by atoms with Gasteiger partial charge in [-0.15, -0.1) is 0 Å². The van der Waals surface area contributed by atoms with Gasteiger partial charge in [-0.25, -0.2) is 4.79 Å². The van der Waals surface area contributed by atoms with E-state index in [-0.39, 0.29) is 36.5 Å². The Kier molecular flexibility index (Phi) is 6.41. The molecular weight excluding hydrogens is 384 g/mol. The lowest BCUT2D eigenvalue weighted by atomic mass is 10.0. The first-order valence-electron chi connectivity index (χ1n) is 9.29. The highest BCUT2D eigenvalue weighted by molar-refractivity contribution is 6.30. The molecule has 0 saturated carbocycles. The van der Waals surface area contributed by atoms with Crippen LogP contribution in [-0.2, 0) is 9.59 Å². The van der Waals surface area contributed by atoms with Crippen LogP contribution >= 0.6 is 11.6 Å². The van der Waals surface area contributed by atoms with Crippen LogP contribution in [0.25, 0.3) is 0 Å². The summed E-state index contributed by atoms with van der Waals surface area (Å²) < 4.78 is 5.46. The number of piperidine rings is 1. The van der Waals surface area contributed by atoms with Crippen molar-refractivity contribution in [2.24, 2.45) is 0 Å². The van der Waals surface area contributed by atoms with Crippen LogP contribution in [0.4, 0.5) is 4.79 Å². The topological polar surface area (TPSA) is 82.2 Å². The first-order chi connectivity index (χ1) is 13.3. The third kappa shape index (κ3) is 4.74. The largest absolute Gasteiger partial charge is 0.484 e. The number of amides is 4. The number of carbonyl (C=O) groups is 3. The Morgan fingerprint density at radius 1 is 1.18 bits per heavy atom. The van der Waals surface area contributed by atoms with E-state index in [9.17, 15) is 14.4 Å². The Balaban J connectivity index is 1.43. The molecule has 8 nitrogen and oxygen atoms in total. The lowest BCUT2D eigenvalue weighted by Crippen LogP contribution is -2.63. The summed E-state index contributed by atoms with van der Waals surface area (Å²) in [6.07, 6.45) is 1.50. The maximum atomic E-state index is 12.4. The van der Waals surface area contributed by atoms with Gasteiger partial charge in [-0.1, -0.05) is 11.6 Å². The number of rotatable bonds is 5. The van der Waals surface area contributed by atoms with Gasteiger partial charge < -0.3 is 15.0 Å². The third-order valence-electron chi connectivity index (χ3n) is 5.19. The molecule has 0 spiro atoms. The monoisotopic (exact) mass is 408 g/mol. The maximum Gasteiger partial charge on any atom is 0.326 e. The second-order valence-electron chi connectivity index (χ2n) is 7.20. The highest BCUT2D eigenvalue weighted by atomic mass is 35.5. The predicted octanol–water partition coefficient (Wildman–Crippen LogP) is 1.19. The predicted molar refractivity (Wildman–Crippen MR) is 104 cm³/mol. The number of likely N-dealkylation sites (tertiary alicyclic amines) is 1. The molecular formula is C19H25ClN4O4. The highest BCUT2D eigenvalue weighted by Gasteiger charge is 2.39. The fraction of sp³-hybridized carbons (Fsp3) is 0.526. The minimum Gasteiger partial charge on any atom is -0.484 e. The van der Waals surface area contributed by atoms with Crippen molar-refractivity contribution in [3.63, 3.8) is 0 Å². The van der Waals surface area contributed by atoms with Crippen LogP contribution in [0.15, 0.2) is 24.3 Å². The van der Waals surface area contributed by atoms with Crippen molar-refractivity contribution in [3.8, 4) is 5.75 Å². The molecule has 1 aromatic rings. The average molecular weight is 409 g/mol. The van der Waals surface area contributed by atoms with E-state index in [0.29, 0.717) is 30.4 Å². The van der Waals surface area contributed by atoms with Crippen molar-refractivity contribution in [1.82, 2.24) is 20.0 Å². The number of halogens is 1. The molecule has 4 amide bonds. The minimum atomic E-state index is -0.322. The molecule has 2 saturated heterocycles. The van der Waals surface area contributed by atoms with Gasteiger partial charge in [-0.2, -0.15) is 0 Å². The summed E-state index contributed by atoms with van der Waals surface area (Å²) in [4.78, 5) is 41.2. The van der Waals surface area contributed by atoms with Crippen LogP contribution in [0, 0.1) is 0 Å². The Morgan fingerprint density at radius 2 is 1.82 bits per heavy atom. The summed E-state index contributed by atoms with van der Waals surface area (Å²) in [6, 6.07) is 6.30. The molecule has 1 atom stereocenters. The van der Waals surface area contributed by atoms with Crippen LogP contribution in [0.3, 0.4) is 0 Å². The molecule has 0 bridgehead atoms. The van der Waals surface area contributed by atoms with Crippen molar-refractivity contribution < 1.29 is 19.1 Å². The van der Waals surface area contributed by atoms with Gasteiger partial charge >= 0.3 is 6.03 Å². The Labute approximate surface area is 169 Å². The molecule has 2 heterocycles. The first-order valence-corrected chi connectivity index (χ1v) is 9.67. The molecule has 1 unspecified atom stereocenters. The number of hydrogen-bond donors (Lipinski definition) is 1. The summed E-state index contributed by atoms with van der Waals surface area (Å²) in [5.41, 5.74) is 0. The number of urea groups is 1. The van der Waals surface area contributed by atoms with Crippen molar-refractivity contribution in [3.05, 3.63) is 29.3 Å². The SMILES string of the molecule is CN1CC(N2CCC(NC(=O)COc3ccc(Cl)cc3)CC2)C(=O)N(C)C1=O. The molecule has 152 valence electrons. The Bertz CT molecular complexity index is 734. The molecule has 0 aromatic heterocycles. The number of imide groups is 1. The van der Waals surface area contributed by atoms with Crippen LogP contribution < -0.4 is 10.1 Å². The molecule has 0 radical (unpaired) electrons. The van der Waals surface area contributed by atoms with Crippen molar-refractivity contribution in [1.29, 1.82) is 0 Å². The van der Waals surface area contributed by atoms with E-state index in [2.05, 4.69) is 10.2 Å². The number of benzene rings is 1. The van der Waals surface area contributed by atoms with E-state index in [1.165, 1.54) is 11.9 Å². The van der Waals surface area contributed by atoms with Crippen LogP contribution in [0.1, 0.15) is 12.8 Å². The lowest BCUT2D eigenvalue weighted by Gasteiger charge is -2.42. The molecule has 0 aliphatic carbocycles. The molecule has 2 aliphatic heterocycles. The molecule has 3 rings (SSSR count). The van der Waals surface area contributed by atoms with E-state index in [0.717, 1.165) is 12.8 Å². The van der Waals surface area contributed by atoms with Crippen molar-refractivity contribution in [2.75, 3.05) is 40.3 Å². The summed E-state index contributed by atoms with van der Waals surface area (Å²) in [5, 5.41) is 3.60. The average Bonchev–Trinajstić information content (AvgIpc) is 2.69. The van der Waals surface area contributed by atoms with Gasteiger partial charge in [0.25, 0.3) is 5.91 Å². The van der Waals surface area contributed by atoms with Gasteiger partial charge in [0.15, 0.2) is 6.61 Å². The van der Waals surface area contributed by atoms with E-state index in [4.69, 9.17) is 16.3 Å². The number of likely N-dealkylation sites (N-methyl/N-ethyl adjacent to an activating group) is 2. The van der Waals surface area contributed by atoms with Gasteiger partial charge in [-0.3, -0.25) is 19.4 Å². The van der Waals surface area contributed by atoms with Crippen LogP contribution in [0.5, 0.6) is 5.75 Å². The summed E-state index contributed by atoms with van der Waals surface area (Å²) in [5.74, 6) is 0.252. The number of nitrogens with zero attached hydrogens (tertiary/aromatic N) is 3. The van der Waals surface area contributed by atoms with E-state index < -0.39 is 0 Å². The van der Waals surface area contributed by atoms with E-state index in [1.807, 2.05) is 0 Å². The van der Waals surface area contributed by atoms with Gasteiger partial charge in [0.05, 0.1) is 0 Å². The number of nitrogens with one attached hydrogen (secondary N) is 1. The highest BCUT2D eigenvalue weighted by Crippen LogP contribution is 2.19. The minimum absolute atomic E-state index is 0.0494. The second kappa shape index (κ2) is 8.79. The van der Waals surface area contributed by atoms with E-state index >= 15 is 0 Å². The molecule has 1 N–H and O–H groups in total. The number of ether oxygens (including phenoxy) is 1. The maximum absolute atomic E-state index is 12.4. The second-order valence-corrected chi connectivity index (χ2v) is 7.63. The standard InChI is InChI=1S/C19H25ClN4O4/c1-22-11-16(18(26)23(2)19(22)27)24-9-7-14(8-10-24)21-17(25)12-28-15-5-3-13(20)4-6-15/h3-6,14,16H,7-12H2,1-2H3,(H,21,25). The Morgan fingerprint density at radius 3 is 2.46 bits per heavy atom. The smallest absolute Gasteiger partial charge is 0.326 e. The fourth-order valence-electron chi connectivity index (χ4n) is 3.57. The molecule has 1 aromatic carbocycles. The Hall–Kier alpha value is -2.32. The quantitative estimate of drug-likeness (QED) is 0.791. The van der Waals surface area contributed by atoms with E-state index in [1.54, 1.807) is 36.2 Å². The fourth-order valence-corrected chi connectivity index (χ4v) is 3.69. The zero-order valence-electron chi connectivity index (χ0n) is 16.1. The van der Waals surface area contributed by atoms with Crippen molar-refractivity contribution >= 4 is 29.4 Å². The number of hydrogen-bond acceptors (Lipinski definition) is 5. The lowest BCUT2D eigenvalue weighted by molar-refractivity contribution is -0.137. The van der Waals surface area contributed by atoms with Gasteiger partial charge in [0.2, 0.25) is 5.91 Å².